The van der Waals surface area contributed by atoms with E-state index in [-0.39, 0.29) is 23.8 Å². The molecule has 122 valence electrons. The van der Waals surface area contributed by atoms with E-state index in [1.807, 2.05) is 12.1 Å². The molecule has 7 heteroatoms. The maximum atomic E-state index is 11.9. The van der Waals surface area contributed by atoms with Gasteiger partial charge in [0, 0.05) is 0 Å². The number of aromatic hydroxyl groups is 1. The van der Waals surface area contributed by atoms with Crippen LogP contribution in [0.25, 0.3) is 11.4 Å². The molecule has 0 bridgehead atoms. The zero-order chi connectivity index (χ0) is 16.9. The van der Waals surface area contributed by atoms with Crippen molar-refractivity contribution in [3.8, 4) is 22.9 Å². The summed E-state index contributed by atoms with van der Waals surface area (Å²) in [6.45, 7) is -0.170. The number of esters is 1. The standard InChI is InChI=1S/C17H14N2O5/c1-22-14-8-3-2-7-13(14)16-18-15(24-19-16)10-23-17(21)11-5-4-6-12(20)9-11/h2-9,20H,10H2,1H3. The van der Waals surface area contributed by atoms with Gasteiger partial charge >= 0.3 is 5.97 Å². The first-order chi connectivity index (χ1) is 11.7. The van der Waals surface area contributed by atoms with E-state index in [0.717, 1.165) is 0 Å². The van der Waals surface area contributed by atoms with Crippen LogP contribution in [-0.4, -0.2) is 28.3 Å². The van der Waals surface area contributed by atoms with Gasteiger partial charge in [-0.1, -0.05) is 23.4 Å². The van der Waals surface area contributed by atoms with Gasteiger partial charge in [-0.25, -0.2) is 4.79 Å². The summed E-state index contributed by atoms with van der Waals surface area (Å²) in [7, 11) is 1.55. The fraction of sp³-hybridized carbons (Fsp3) is 0.118. The SMILES string of the molecule is COc1ccccc1-c1noc(COC(=O)c2cccc(O)c2)n1. The molecule has 0 saturated heterocycles. The lowest BCUT2D eigenvalue weighted by atomic mass is 10.2. The lowest BCUT2D eigenvalue weighted by molar-refractivity contribution is 0.0429. The van der Waals surface area contributed by atoms with Crippen LogP contribution in [0.2, 0.25) is 0 Å². The van der Waals surface area contributed by atoms with E-state index in [2.05, 4.69) is 10.1 Å². The van der Waals surface area contributed by atoms with Crippen molar-refractivity contribution < 1.29 is 23.9 Å². The van der Waals surface area contributed by atoms with Gasteiger partial charge in [0.1, 0.15) is 11.5 Å². The zero-order valence-electron chi connectivity index (χ0n) is 12.8. The van der Waals surface area contributed by atoms with Gasteiger partial charge < -0.3 is 19.1 Å². The number of para-hydroxylation sites is 1. The van der Waals surface area contributed by atoms with Crippen molar-refractivity contribution in [2.75, 3.05) is 7.11 Å². The van der Waals surface area contributed by atoms with E-state index in [1.54, 1.807) is 25.3 Å². The van der Waals surface area contributed by atoms with Crippen LogP contribution in [-0.2, 0) is 11.3 Å². The highest BCUT2D eigenvalue weighted by atomic mass is 16.6. The van der Waals surface area contributed by atoms with Gasteiger partial charge in [0.15, 0.2) is 6.61 Å². The molecule has 1 heterocycles. The molecular formula is C17H14N2O5. The maximum Gasteiger partial charge on any atom is 0.338 e. The summed E-state index contributed by atoms with van der Waals surface area (Å²) < 4.78 is 15.4. The molecule has 0 aliphatic carbocycles. The van der Waals surface area contributed by atoms with Gasteiger partial charge in [0.05, 0.1) is 18.2 Å². The molecule has 3 aromatic rings. The summed E-state index contributed by atoms with van der Waals surface area (Å²) in [5.74, 6) is 0.505. The minimum absolute atomic E-state index is 0.0132. The summed E-state index contributed by atoms with van der Waals surface area (Å²) in [5.41, 5.74) is 0.911. The number of ether oxygens (including phenoxy) is 2. The second-order valence-corrected chi connectivity index (χ2v) is 4.84. The van der Waals surface area contributed by atoms with Crippen molar-refractivity contribution in [1.82, 2.24) is 10.1 Å². The second-order valence-electron chi connectivity index (χ2n) is 4.84. The molecule has 0 saturated carbocycles. The summed E-state index contributed by atoms with van der Waals surface area (Å²) in [6, 6.07) is 13.1. The number of aromatic nitrogens is 2. The fourth-order valence-corrected chi connectivity index (χ4v) is 2.10. The molecule has 0 aliphatic rings. The Bertz CT molecular complexity index is 859. The number of carbonyl (C=O) groups excluding carboxylic acids is 1. The lowest BCUT2D eigenvalue weighted by Crippen LogP contribution is -2.05. The number of phenols is 1. The smallest absolute Gasteiger partial charge is 0.338 e. The molecule has 0 fully saturated rings. The lowest BCUT2D eigenvalue weighted by Gasteiger charge is -2.03. The van der Waals surface area contributed by atoms with Crippen LogP contribution in [0.3, 0.4) is 0 Å². The quantitative estimate of drug-likeness (QED) is 0.720. The van der Waals surface area contributed by atoms with E-state index >= 15 is 0 Å². The second kappa shape index (κ2) is 6.82. The normalized spacial score (nSPS) is 10.4. The molecule has 0 atom stereocenters. The van der Waals surface area contributed by atoms with Crippen LogP contribution < -0.4 is 4.74 Å². The molecule has 1 N–H and O–H groups in total. The Balaban J connectivity index is 1.69. The van der Waals surface area contributed by atoms with Crippen LogP contribution in [0, 0.1) is 0 Å². The average Bonchev–Trinajstić information content (AvgIpc) is 3.08. The van der Waals surface area contributed by atoms with Crippen molar-refractivity contribution in [3.05, 3.63) is 60.0 Å². The van der Waals surface area contributed by atoms with Crippen LogP contribution >= 0.6 is 0 Å². The molecule has 24 heavy (non-hydrogen) atoms. The maximum absolute atomic E-state index is 11.9. The van der Waals surface area contributed by atoms with Gasteiger partial charge in [0.25, 0.3) is 5.89 Å². The molecular weight excluding hydrogens is 312 g/mol. The number of carbonyl (C=O) groups is 1. The molecule has 2 aromatic carbocycles. The first kappa shape index (κ1) is 15.5. The van der Waals surface area contributed by atoms with Gasteiger partial charge in [0.2, 0.25) is 5.82 Å². The molecule has 0 unspecified atom stereocenters. The Morgan fingerprint density at radius 1 is 1.21 bits per heavy atom. The van der Waals surface area contributed by atoms with E-state index in [1.165, 1.54) is 18.2 Å². The third kappa shape index (κ3) is 3.35. The average molecular weight is 326 g/mol. The molecule has 7 nitrogen and oxygen atoms in total. The molecule has 0 aliphatic heterocycles. The van der Waals surface area contributed by atoms with Crippen molar-refractivity contribution in [2.45, 2.75) is 6.61 Å². The van der Waals surface area contributed by atoms with Crippen LogP contribution in [0.5, 0.6) is 11.5 Å². The molecule has 3 rings (SSSR count). The molecule has 0 radical (unpaired) electrons. The number of hydrogen-bond donors (Lipinski definition) is 1. The largest absolute Gasteiger partial charge is 0.508 e. The third-order valence-corrected chi connectivity index (χ3v) is 3.22. The fourth-order valence-electron chi connectivity index (χ4n) is 2.10. The molecule has 1 aromatic heterocycles. The van der Waals surface area contributed by atoms with Crippen molar-refractivity contribution in [2.24, 2.45) is 0 Å². The minimum Gasteiger partial charge on any atom is -0.508 e. The first-order valence-corrected chi connectivity index (χ1v) is 7.09. The van der Waals surface area contributed by atoms with Gasteiger partial charge in [-0.2, -0.15) is 4.98 Å². The predicted octanol–water partition coefficient (Wildman–Crippen LogP) is 2.81. The summed E-state index contributed by atoms with van der Waals surface area (Å²) in [5, 5.41) is 13.2. The number of hydrogen-bond acceptors (Lipinski definition) is 7. The van der Waals surface area contributed by atoms with E-state index in [0.29, 0.717) is 17.1 Å². The van der Waals surface area contributed by atoms with Gasteiger partial charge in [-0.3, -0.25) is 0 Å². The highest BCUT2D eigenvalue weighted by Gasteiger charge is 2.15. The van der Waals surface area contributed by atoms with Crippen LogP contribution in [0.1, 0.15) is 16.2 Å². The van der Waals surface area contributed by atoms with Crippen molar-refractivity contribution in [1.29, 1.82) is 0 Å². The highest BCUT2D eigenvalue weighted by Crippen LogP contribution is 2.27. The number of nitrogens with zero attached hydrogens (tertiary/aromatic N) is 2. The van der Waals surface area contributed by atoms with Gasteiger partial charge in [-0.15, -0.1) is 0 Å². The predicted molar refractivity (Wildman–Crippen MR) is 83.5 cm³/mol. The number of rotatable bonds is 5. The number of methoxy groups -OCH3 is 1. The zero-order valence-corrected chi connectivity index (χ0v) is 12.8. The topological polar surface area (TPSA) is 94.7 Å². The summed E-state index contributed by atoms with van der Waals surface area (Å²) in [4.78, 5) is 16.1. The highest BCUT2D eigenvalue weighted by molar-refractivity contribution is 5.89. The Labute approximate surface area is 137 Å². The minimum atomic E-state index is -0.594. The third-order valence-electron chi connectivity index (χ3n) is 3.22. The number of benzene rings is 2. The van der Waals surface area contributed by atoms with E-state index in [4.69, 9.17) is 14.0 Å². The van der Waals surface area contributed by atoms with Crippen molar-refractivity contribution in [3.63, 3.8) is 0 Å². The first-order valence-electron chi connectivity index (χ1n) is 7.09. The summed E-state index contributed by atoms with van der Waals surface area (Å²) in [6.07, 6.45) is 0. The van der Waals surface area contributed by atoms with Crippen LogP contribution in [0.15, 0.2) is 53.1 Å². The Morgan fingerprint density at radius 2 is 2.04 bits per heavy atom. The Morgan fingerprint density at radius 3 is 2.83 bits per heavy atom. The number of phenolic OH excluding ortho intramolecular Hbond substituents is 1. The molecule has 0 spiro atoms. The van der Waals surface area contributed by atoms with E-state index < -0.39 is 5.97 Å². The molecule has 0 amide bonds. The van der Waals surface area contributed by atoms with E-state index in [9.17, 15) is 9.90 Å². The summed E-state index contributed by atoms with van der Waals surface area (Å²) >= 11 is 0. The monoisotopic (exact) mass is 326 g/mol. The van der Waals surface area contributed by atoms with Crippen LogP contribution in [0.4, 0.5) is 0 Å². The Hall–Kier alpha value is -3.35. The Kier molecular flexibility index (Phi) is 4.42. The van der Waals surface area contributed by atoms with Gasteiger partial charge in [-0.05, 0) is 30.3 Å². The van der Waals surface area contributed by atoms with Crippen molar-refractivity contribution >= 4 is 5.97 Å².